The maximum absolute atomic E-state index is 5.86. The van der Waals surface area contributed by atoms with Crippen LogP contribution in [0, 0.1) is 0 Å². The number of hydrogen-bond acceptors (Lipinski definition) is 3. The van der Waals surface area contributed by atoms with Gasteiger partial charge in [-0.05, 0) is 47.4 Å². The molecule has 3 heteroatoms. The van der Waals surface area contributed by atoms with Crippen molar-refractivity contribution in [3.8, 4) is 5.75 Å². The Morgan fingerprint density at radius 3 is 2.20 bits per heavy atom. The van der Waals surface area contributed by atoms with Gasteiger partial charge in [0.1, 0.15) is 5.75 Å². The first-order valence-corrected chi connectivity index (χ1v) is 12.9. The van der Waals surface area contributed by atoms with Crippen LogP contribution < -0.4 is 4.74 Å². The van der Waals surface area contributed by atoms with Gasteiger partial charge in [-0.2, -0.15) is 0 Å². The van der Waals surface area contributed by atoms with Gasteiger partial charge in [-0.3, -0.25) is 9.80 Å². The molecule has 0 aromatic heterocycles. The van der Waals surface area contributed by atoms with E-state index in [0.717, 1.165) is 25.4 Å². The molecule has 4 aromatic rings. The highest BCUT2D eigenvalue weighted by atomic mass is 16.5. The molecule has 0 N–H and O–H groups in total. The molecule has 2 saturated heterocycles. The Morgan fingerprint density at radius 1 is 0.800 bits per heavy atom. The van der Waals surface area contributed by atoms with Gasteiger partial charge in [0, 0.05) is 43.2 Å². The van der Waals surface area contributed by atoms with Crippen molar-refractivity contribution in [1.82, 2.24) is 9.80 Å². The molecule has 4 aromatic carbocycles. The van der Waals surface area contributed by atoms with Gasteiger partial charge in [0.15, 0.2) is 0 Å². The lowest BCUT2D eigenvalue weighted by Gasteiger charge is -2.47. The largest absolute Gasteiger partial charge is 0.496 e. The quantitative estimate of drug-likeness (QED) is 0.333. The Hall–Kier alpha value is -3.14. The van der Waals surface area contributed by atoms with Crippen molar-refractivity contribution in [3.05, 3.63) is 114 Å². The molecule has 178 valence electrons. The highest BCUT2D eigenvalue weighted by Crippen LogP contribution is 2.39. The number of methoxy groups -OCH3 is 1. The van der Waals surface area contributed by atoms with Gasteiger partial charge in [0.25, 0.3) is 0 Å². The number of rotatable bonds is 6. The van der Waals surface area contributed by atoms with Crippen LogP contribution in [0.4, 0.5) is 0 Å². The molecule has 2 heterocycles. The van der Waals surface area contributed by atoms with E-state index in [0.29, 0.717) is 18.0 Å². The van der Waals surface area contributed by atoms with Gasteiger partial charge in [-0.1, -0.05) is 91.0 Å². The van der Waals surface area contributed by atoms with Crippen molar-refractivity contribution >= 4 is 10.8 Å². The highest BCUT2D eigenvalue weighted by molar-refractivity contribution is 5.87. The van der Waals surface area contributed by atoms with E-state index in [1.807, 2.05) is 0 Å². The third-order valence-corrected chi connectivity index (χ3v) is 8.06. The van der Waals surface area contributed by atoms with E-state index in [4.69, 9.17) is 4.74 Å². The van der Waals surface area contributed by atoms with Crippen molar-refractivity contribution < 1.29 is 4.74 Å². The molecule has 2 unspecified atom stereocenters. The predicted molar refractivity (Wildman–Crippen MR) is 144 cm³/mol. The van der Waals surface area contributed by atoms with Crippen molar-refractivity contribution in [2.45, 2.75) is 37.4 Å². The maximum atomic E-state index is 5.86. The van der Waals surface area contributed by atoms with Gasteiger partial charge >= 0.3 is 0 Å². The summed E-state index contributed by atoms with van der Waals surface area (Å²) in [6.07, 6.45) is 2.58. The van der Waals surface area contributed by atoms with Gasteiger partial charge in [-0.25, -0.2) is 0 Å². The smallest absolute Gasteiger partial charge is 0.123 e. The molecule has 0 bridgehead atoms. The third-order valence-electron chi connectivity index (χ3n) is 8.06. The molecular formula is C32H34N2O. The summed E-state index contributed by atoms with van der Waals surface area (Å²) in [5.74, 6) is 1.35. The number of ether oxygens (including phenoxy) is 1. The average Bonchev–Trinajstić information content (AvgIpc) is 3.39. The van der Waals surface area contributed by atoms with Crippen LogP contribution in [0.2, 0.25) is 0 Å². The summed E-state index contributed by atoms with van der Waals surface area (Å²) in [4.78, 5) is 5.52. The molecule has 2 aliphatic rings. The lowest BCUT2D eigenvalue weighted by molar-refractivity contribution is 0.0383. The summed E-state index contributed by atoms with van der Waals surface area (Å²) in [5.41, 5.74) is 4.14. The third kappa shape index (κ3) is 4.35. The van der Waals surface area contributed by atoms with E-state index in [9.17, 15) is 0 Å². The zero-order valence-corrected chi connectivity index (χ0v) is 20.5. The fourth-order valence-electron chi connectivity index (χ4n) is 6.51. The minimum absolute atomic E-state index is 0.357. The molecule has 6 rings (SSSR count). The van der Waals surface area contributed by atoms with Gasteiger partial charge in [0.05, 0.1) is 7.11 Å². The Morgan fingerprint density at radius 2 is 1.49 bits per heavy atom. The van der Waals surface area contributed by atoms with Crippen molar-refractivity contribution in [1.29, 1.82) is 0 Å². The first-order valence-electron chi connectivity index (χ1n) is 12.9. The van der Waals surface area contributed by atoms with E-state index >= 15 is 0 Å². The predicted octanol–water partition coefficient (Wildman–Crippen LogP) is 6.33. The van der Waals surface area contributed by atoms with Gasteiger partial charge in [0.2, 0.25) is 0 Å². The normalized spacial score (nSPS) is 20.9. The lowest BCUT2D eigenvalue weighted by Crippen LogP contribution is -2.57. The first kappa shape index (κ1) is 22.3. The fourth-order valence-corrected chi connectivity index (χ4v) is 6.51. The van der Waals surface area contributed by atoms with Crippen LogP contribution in [0.15, 0.2) is 97.1 Å². The van der Waals surface area contributed by atoms with Crippen molar-refractivity contribution in [2.75, 3.05) is 26.7 Å². The second kappa shape index (κ2) is 9.85. The average molecular weight is 463 g/mol. The molecule has 0 amide bonds. The second-order valence-electron chi connectivity index (χ2n) is 10.1. The molecule has 35 heavy (non-hydrogen) atoms. The second-order valence-corrected chi connectivity index (χ2v) is 10.1. The summed E-state index contributed by atoms with van der Waals surface area (Å²) in [6, 6.07) is 36.4. The van der Waals surface area contributed by atoms with Crippen LogP contribution in [0.3, 0.4) is 0 Å². The summed E-state index contributed by atoms with van der Waals surface area (Å²) >= 11 is 0. The number of hydrogen-bond donors (Lipinski definition) is 0. The molecule has 0 radical (unpaired) electrons. The molecule has 2 aliphatic heterocycles. The van der Waals surface area contributed by atoms with Crippen molar-refractivity contribution in [2.24, 2.45) is 0 Å². The molecule has 3 nitrogen and oxygen atoms in total. The minimum Gasteiger partial charge on any atom is -0.496 e. The maximum Gasteiger partial charge on any atom is 0.123 e. The summed E-state index contributed by atoms with van der Waals surface area (Å²) in [5, 5.41) is 2.59. The molecule has 0 aliphatic carbocycles. The van der Waals surface area contributed by atoms with Gasteiger partial charge in [-0.15, -0.1) is 0 Å². The molecular weight excluding hydrogens is 428 g/mol. The first-order chi connectivity index (χ1) is 17.3. The number of nitrogens with zero attached hydrogens (tertiary/aromatic N) is 2. The van der Waals surface area contributed by atoms with Crippen LogP contribution in [0.5, 0.6) is 5.75 Å². The van der Waals surface area contributed by atoms with E-state index in [-0.39, 0.29) is 0 Å². The number of fused-ring (bicyclic) bond motifs is 2. The zero-order chi connectivity index (χ0) is 23.6. The fraction of sp³-hybridized carbons (Fsp3) is 0.312. The zero-order valence-electron chi connectivity index (χ0n) is 20.5. The van der Waals surface area contributed by atoms with Crippen LogP contribution in [0.25, 0.3) is 10.8 Å². The molecule has 0 spiro atoms. The van der Waals surface area contributed by atoms with Crippen molar-refractivity contribution in [3.63, 3.8) is 0 Å². The standard InChI is InChI=1S/C32H34N2O/c1-35-31-19-18-24-11-8-9-17-28(24)29(31)22-33-21-27-16-10-20-34(27)30(23-33)32(25-12-4-2-5-13-25)26-14-6-3-7-15-26/h2-9,11-15,17-19,27,30,32H,10,16,20-23H2,1H3. The van der Waals surface area contributed by atoms with E-state index < -0.39 is 0 Å². The Bertz CT molecular complexity index is 1230. The number of benzene rings is 4. The Kier molecular flexibility index (Phi) is 6.28. The minimum atomic E-state index is 0.357. The van der Waals surface area contributed by atoms with E-state index in [1.165, 1.54) is 46.8 Å². The Balaban J connectivity index is 1.38. The summed E-state index contributed by atoms with van der Waals surface area (Å²) in [6.45, 7) is 4.30. The molecule has 2 atom stereocenters. The van der Waals surface area contributed by atoms with Gasteiger partial charge < -0.3 is 4.74 Å². The van der Waals surface area contributed by atoms with E-state index in [2.05, 4.69) is 107 Å². The van der Waals surface area contributed by atoms with E-state index in [1.54, 1.807) is 7.11 Å². The van der Waals surface area contributed by atoms with Crippen LogP contribution in [0.1, 0.15) is 35.4 Å². The monoisotopic (exact) mass is 462 g/mol. The SMILES string of the molecule is COc1ccc2ccccc2c1CN1CC2CCCN2C(C(c2ccccc2)c2ccccc2)C1. The number of piperazine rings is 1. The topological polar surface area (TPSA) is 15.7 Å². The highest BCUT2D eigenvalue weighted by Gasteiger charge is 2.42. The lowest BCUT2D eigenvalue weighted by atomic mass is 9.82. The molecule has 0 saturated carbocycles. The van der Waals surface area contributed by atoms with Crippen LogP contribution in [-0.4, -0.2) is 48.6 Å². The Labute approximate surface area is 208 Å². The molecule has 2 fully saturated rings. The van der Waals surface area contributed by atoms with Crippen LogP contribution >= 0.6 is 0 Å². The van der Waals surface area contributed by atoms with Crippen LogP contribution in [-0.2, 0) is 6.54 Å². The summed E-state index contributed by atoms with van der Waals surface area (Å²) < 4.78 is 5.86. The summed E-state index contributed by atoms with van der Waals surface area (Å²) in [7, 11) is 1.80.